The van der Waals surface area contributed by atoms with Crippen LogP contribution < -0.4 is 5.73 Å². The van der Waals surface area contributed by atoms with Gasteiger partial charge >= 0.3 is 0 Å². The van der Waals surface area contributed by atoms with Gasteiger partial charge in [-0.15, -0.1) is 0 Å². The van der Waals surface area contributed by atoms with Crippen molar-refractivity contribution in [1.29, 1.82) is 0 Å². The molecule has 1 amide bonds. The summed E-state index contributed by atoms with van der Waals surface area (Å²) >= 11 is 0. The highest BCUT2D eigenvalue weighted by atomic mass is 16.2. The maximum atomic E-state index is 12.4. The zero-order valence-corrected chi connectivity index (χ0v) is 12.3. The average Bonchev–Trinajstić information content (AvgIpc) is 2.41. The van der Waals surface area contributed by atoms with Crippen LogP contribution in [0.15, 0.2) is 30.3 Å². The minimum absolute atomic E-state index is 0.0595. The van der Waals surface area contributed by atoms with Crippen molar-refractivity contribution in [2.45, 2.75) is 27.2 Å². The van der Waals surface area contributed by atoms with Crippen molar-refractivity contribution < 1.29 is 4.79 Å². The van der Waals surface area contributed by atoms with E-state index in [1.54, 1.807) is 0 Å². The first kappa shape index (κ1) is 15.7. The fraction of sp³-hybridized carbons (Fsp3) is 0.562. The van der Waals surface area contributed by atoms with Crippen molar-refractivity contribution in [1.82, 2.24) is 4.90 Å². The van der Waals surface area contributed by atoms with Gasteiger partial charge in [0, 0.05) is 19.6 Å². The Morgan fingerprint density at radius 1 is 1.26 bits per heavy atom. The zero-order chi connectivity index (χ0) is 14.3. The van der Waals surface area contributed by atoms with E-state index in [9.17, 15) is 4.79 Å². The van der Waals surface area contributed by atoms with E-state index in [1.807, 2.05) is 30.0 Å². The van der Waals surface area contributed by atoms with E-state index in [2.05, 4.69) is 26.0 Å². The molecule has 3 nitrogen and oxygen atoms in total. The fourth-order valence-electron chi connectivity index (χ4n) is 2.23. The van der Waals surface area contributed by atoms with E-state index in [0.717, 1.165) is 19.5 Å². The lowest BCUT2D eigenvalue weighted by Crippen LogP contribution is -2.42. The number of hydrogen-bond donors (Lipinski definition) is 1. The Labute approximate surface area is 116 Å². The third-order valence-corrected chi connectivity index (χ3v) is 3.58. The molecule has 0 radical (unpaired) electrons. The van der Waals surface area contributed by atoms with Gasteiger partial charge in [-0.3, -0.25) is 4.79 Å². The number of nitrogens with zero attached hydrogens (tertiary/aromatic N) is 1. The summed E-state index contributed by atoms with van der Waals surface area (Å²) in [6, 6.07) is 10.3. The van der Waals surface area contributed by atoms with E-state index >= 15 is 0 Å². The molecule has 0 saturated carbocycles. The Morgan fingerprint density at radius 3 is 2.37 bits per heavy atom. The highest BCUT2D eigenvalue weighted by Crippen LogP contribution is 2.13. The molecule has 0 aliphatic rings. The third-order valence-electron chi connectivity index (χ3n) is 3.58. The molecule has 1 aromatic rings. The number of hydrogen-bond acceptors (Lipinski definition) is 2. The molecule has 1 unspecified atom stereocenters. The van der Waals surface area contributed by atoms with E-state index in [-0.39, 0.29) is 11.8 Å². The van der Waals surface area contributed by atoms with E-state index in [1.165, 1.54) is 5.56 Å². The van der Waals surface area contributed by atoms with Crippen LogP contribution in [0.5, 0.6) is 0 Å². The molecule has 0 aliphatic heterocycles. The molecule has 0 saturated heterocycles. The zero-order valence-electron chi connectivity index (χ0n) is 12.3. The Bertz CT molecular complexity index is 376. The lowest BCUT2D eigenvalue weighted by Gasteiger charge is -2.27. The Hall–Kier alpha value is -1.35. The first-order chi connectivity index (χ1) is 9.10. The van der Waals surface area contributed by atoms with Crippen LogP contribution in [0.4, 0.5) is 0 Å². The molecule has 0 spiro atoms. The van der Waals surface area contributed by atoms with Crippen LogP contribution in [0, 0.1) is 11.8 Å². The second-order valence-corrected chi connectivity index (χ2v) is 5.24. The Balaban J connectivity index is 2.60. The minimum atomic E-state index is -0.0595. The van der Waals surface area contributed by atoms with Crippen molar-refractivity contribution in [3.63, 3.8) is 0 Å². The average molecular weight is 262 g/mol. The maximum absolute atomic E-state index is 12.4. The first-order valence-corrected chi connectivity index (χ1v) is 7.12. The SMILES string of the molecule is CCN(CCc1ccccc1)C(=O)C(CN)C(C)C. The molecule has 2 N–H and O–H groups in total. The van der Waals surface area contributed by atoms with Gasteiger partial charge in [-0.2, -0.15) is 0 Å². The highest BCUT2D eigenvalue weighted by molar-refractivity contribution is 5.79. The second-order valence-electron chi connectivity index (χ2n) is 5.24. The lowest BCUT2D eigenvalue weighted by molar-refractivity contribution is -0.136. The summed E-state index contributed by atoms with van der Waals surface area (Å²) < 4.78 is 0. The molecule has 0 fully saturated rings. The summed E-state index contributed by atoms with van der Waals surface area (Å²) in [6.45, 7) is 8.08. The van der Waals surface area contributed by atoms with Gasteiger partial charge in [-0.05, 0) is 24.8 Å². The summed E-state index contributed by atoms with van der Waals surface area (Å²) in [5.74, 6) is 0.426. The van der Waals surface area contributed by atoms with E-state index < -0.39 is 0 Å². The maximum Gasteiger partial charge on any atom is 0.227 e. The molecule has 0 heterocycles. The number of amides is 1. The minimum Gasteiger partial charge on any atom is -0.342 e. The number of rotatable bonds is 7. The summed E-state index contributed by atoms with van der Waals surface area (Å²) in [6.07, 6.45) is 0.899. The molecular weight excluding hydrogens is 236 g/mol. The van der Waals surface area contributed by atoms with Gasteiger partial charge in [0.2, 0.25) is 5.91 Å². The number of carbonyl (C=O) groups excluding carboxylic acids is 1. The van der Waals surface area contributed by atoms with Crippen LogP contribution >= 0.6 is 0 Å². The van der Waals surface area contributed by atoms with Crippen LogP contribution in [0.25, 0.3) is 0 Å². The number of likely N-dealkylation sites (N-methyl/N-ethyl adjacent to an activating group) is 1. The molecule has 1 rings (SSSR count). The predicted molar refractivity (Wildman–Crippen MR) is 79.8 cm³/mol. The van der Waals surface area contributed by atoms with Gasteiger partial charge < -0.3 is 10.6 Å². The van der Waals surface area contributed by atoms with Crippen molar-refractivity contribution in [3.8, 4) is 0 Å². The van der Waals surface area contributed by atoms with Gasteiger partial charge in [0.1, 0.15) is 0 Å². The molecular formula is C16H26N2O. The smallest absolute Gasteiger partial charge is 0.227 e. The van der Waals surface area contributed by atoms with Crippen LogP contribution in [0.3, 0.4) is 0 Å². The molecule has 3 heteroatoms. The third kappa shape index (κ3) is 4.67. The normalized spacial score (nSPS) is 12.5. The van der Waals surface area contributed by atoms with Crippen molar-refractivity contribution in [3.05, 3.63) is 35.9 Å². The first-order valence-electron chi connectivity index (χ1n) is 7.12. The quantitative estimate of drug-likeness (QED) is 0.819. The number of benzene rings is 1. The molecule has 1 atom stereocenters. The van der Waals surface area contributed by atoms with Crippen LogP contribution in [0.2, 0.25) is 0 Å². The Morgan fingerprint density at radius 2 is 1.89 bits per heavy atom. The highest BCUT2D eigenvalue weighted by Gasteiger charge is 2.24. The van der Waals surface area contributed by atoms with Gasteiger partial charge in [0.05, 0.1) is 5.92 Å². The van der Waals surface area contributed by atoms with Crippen LogP contribution in [-0.4, -0.2) is 30.4 Å². The van der Waals surface area contributed by atoms with E-state index in [4.69, 9.17) is 5.73 Å². The molecule has 0 aliphatic carbocycles. The van der Waals surface area contributed by atoms with Crippen LogP contribution in [-0.2, 0) is 11.2 Å². The van der Waals surface area contributed by atoms with Gasteiger partial charge in [0.15, 0.2) is 0 Å². The van der Waals surface area contributed by atoms with Gasteiger partial charge in [0.25, 0.3) is 0 Å². The standard InChI is InChI=1S/C16H26N2O/c1-4-18(16(19)15(12-17)13(2)3)11-10-14-8-6-5-7-9-14/h5-9,13,15H,4,10-12,17H2,1-3H3. The van der Waals surface area contributed by atoms with Gasteiger partial charge in [-0.25, -0.2) is 0 Å². The van der Waals surface area contributed by atoms with Crippen molar-refractivity contribution in [2.24, 2.45) is 17.6 Å². The second kappa shape index (κ2) is 7.95. The topological polar surface area (TPSA) is 46.3 Å². The summed E-state index contributed by atoms with van der Waals surface area (Å²) in [5, 5.41) is 0. The summed E-state index contributed by atoms with van der Waals surface area (Å²) in [4.78, 5) is 14.3. The largest absolute Gasteiger partial charge is 0.342 e. The molecule has 19 heavy (non-hydrogen) atoms. The Kier molecular flexibility index (Phi) is 6.57. The van der Waals surface area contributed by atoms with E-state index in [0.29, 0.717) is 12.5 Å². The molecule has 0 bridgehead atoms. The fourth-order valence-corrected chi connectivity index (χ4v) is 2.23. The monoisotopic (exact) mass is 262 g/mol. The van der Waals surface area contributed by atoms with Gasteiger partial charge in [-0.1, -0.05) is 44.2 Å². The summed E-state index contributed by atoms with van der Waals surface area (Å²) in [7, 11) is 0. The number of carbonyl (C=O) groups is 1. The van der Waals surface area contributed by atoms with Crippen LogP contribution in [0.1, 0.15) is 26.3 Å². The van der Waals surface area contributed by atoms with Crippen molar-refractivity contribution >= 4 is 5.91 Å². The molecule has 1 aromatic carbocycles. The molecule has 106 valence electrons. The predicted octanol–water partition coefficient (Wildman–Crippen LogP) is 2.31. The molecule has 0 aromatic heterocycles. The number of nitrogens with two attached hydrogens (primary N) is 1. The lowest BCUT2D eigenvalue weighted by atomic mass is 9.94. The summed E-state index contributed by atoms with van der Waals surface area (Å²) in [5.41, 5.74) is 6.99. The van der Waals surface area contributed by atoms with Crippen molar-refractivity contribution in [2.75, 3.05) is 19.6 Å².